The molecule has 2 heterocycles. The Morgan fingerprint density at radius 2 is 2.33 bits per heavy atom. The number of piperidine rings is 1. The first kappa shape index (κ1) is 15.7. The van der Waals surface area contributed by atoms with E-state index in [0.29, 0.717) is 18.7 Å². The van der Waals surface area contributed by atoms with Crippen LogP contribution >= 0.6 is 11.6 Å². The SMILES string of the molecule is COC(=O)C1CCCCN1CC(=O)Nc1cccnc1Cl. The molecule has 2 rings (SSSR count). The topological polar surface area (TPSA) is 71.5 Å². The highest BCUT2D eigenvalue weighted by atomic mass is 35.5. The lowest BCUT2D eigenvalue weighted by Gasteiger charge is -2.32. The molecule has 0 aliphatic carbocycles. The van der Waals surface area contributed by atoms with Gasteiger partial charge in [-0.05, 0) is 31.5 Å². The molecule has 1 fully saturated rings. The molecule has 0 bridgehead atoms. The van der Waals surface area contributed by atoms with E-state index in [2.05, 4.69) is 10.3 Å². The Morgan fingerprint density at radius 3 is 3.05 bits per heavy atom. The number of aromatic nitrogens is 1. The number of pyridine rings is 1. The third kappa shape index (κ3) is 4.15. The number of hydrogen-bond donors (Lipinski definition) is 1. The van der Waals surface area contributed by atoms with Crippen molar-refractivity contribution in [3.05, 3.63) is 23.5 Å². The summed E-state index contributed by atoms with van der Waals surface area (Å²) in [6.07, 6.45) is 4.20. The molecule has 1 unspecified atom stereocenters. The number of esters is 1. The Labute approximate surface area is 128 Å². The Hall–Kier alpha value is -1.66. The zero-order valence-corrected chi connectivity index (χ0v) is 12.6. The van der Waals surface area contributed by atoms with E-state index >= 15 is 0 Å². The maximum absolute atomic E-state index is 12.1. The number of hydrogen-bond acceptors (Lipinski definition) is 5. The molecule has 1 amide bonds. The summed E-state index contributed by atoms with van der Waals surface area (Å²) in [7, 11) is 1.37. The van der Waals surface area contributed by atoms with Gasteiger partial charge in [0.2, 0.25) is 5.91 Å². The van der Waals surface area contributed by atoms with Crippen molar-refractivity contribution in [2.45, 2.75) is 25.3 Å². The summed E-state index contributed by atoms with van der Waals surface area (Å²) in [6, 6.07) is 3.03. The summed E-state index contributed by atoms with van der Waals surface area (Å²) in [5.74, 6) is -0.511. The number of carbonyl (C=O) groups is 2. The summed E-state index contributed by atoms with van der Waals surface area (Å²) < 4.78 is 4.80. The average molecular weight is 312 g/mol. The molecule has 1 atom stereocenters. The zero-order chi connectivity index (χ0) is 15.2. The van der Waals surface area contributed by atoms with Crippen molar-refractivity contribution in [3.8, 4) is 0 Å². The number of rotatable bonds is 4. The van der Waals surface area contributed by atoms with Crippen molar-refractivity contribution < 1.29 is 14.3 Å². The molecular weight excluding hydrogens is 294 g/mol. The molecule has 1 aliphatic heterocycles. The maximum atomic E-state index is 12.1. The number of ether oxygens (including phenoxy) is 1. The van der Waals surface area contributed by atoms with Crippen LogP contribution in [0.4, 0.5) is 5.69 Å². The van der Waals surface area contributed by atoms with E-state index in [9.17, 15) is 9.59 Å². The van der Waals surface area contributed by atoms with E-state index in [1.807, 2.05) is 4.90 Å². The summed E-state index contributed by atoms with van der Waals surface area (Å²) in [5, 5.41) is 2.95. The number of halogens is 1. The van der Waals surface area contributed by atoms with Gasteiger partial charge in [-0.3, -0.25) is 14.5 Å². The molecule has 0 aromatic carbocycles. The van der Waals surface area contributed by atoms with Crippen LogP contribution in [0.2, 0.25) is 5.15 Å². The van der Waals surface area contributed by atoms with Crippen LogP contribution in [0.3, 0.4) is 0 Å². The zero-order valence-electron chi connectivity index (χ0n) is 11.8. The highest BCUT2D eigenvalue weighted by Crippen LogP contribution is 2.20. The highest BCUT2D eigenvalue weighted by molar-refractivity contribution is 6.32. The van der Waals surface area contributed by atoms with E-state index in [1.54, 1.807) is 18.3 Å². The molecule has 114 valence electrons. The van der Waals surface area contributed by atoms with Gasteiger partial charge in [0.25, 0.3) is 0 Å². The van der Waals surface area contributed by atoms with Gasteiger partial charge >= 0.3 is 5.97 Å². The molecule has 1 aromatic heterocycles. The second-order valence-corrected chi connectivity index (χ2v) is 5.25. The van der Waals surface area contributed by atoms with Gasteiger partial charge in [0.15, 0.2) is 5.15 Å². The number of anilines is 1. The lowest BCUT2D eigenvalue weighted by atomic mass is 10.0. The first-order chi connectivity index (χ1) is 10.1. The highest BCUT2D eigenvalue weighted by Gasteiger charge is 2.30. The molecule has 1 aromatic rings. The molecule has 7 heteroatoms. The van der Waals surface area contributed by atoms with Crippen LogP contribution in [0.1, 0.15) is 19.3 Å². The standard InChI is InChI=1S/C14H18ClN3O3/c1-21-14(20)11-6-2-3-8-18(11)9-12(19)17-10-5-4-7-16-13(10)15/h4-5,7,11H,2-3,6,8-9H2,1H3,(H,17,19). The summed E-state index contributed by atoms with van der Waals surface area (Å²) in [6.45, 7) is 0.832. The Bertz CT molecular complexity index is 524. The van der Waals surface area contributed by atoms with Gasteiger partial charge in [0.1, 0.15) is 6.04 Å². The fourth-order valence-electron chi connectivity index (χ4n) is 2.44. The monoisotopic (exact) mass is 311 g/mol. The average Bonchev–Trinajstić information content (AvgIpc) is 2.49. The minimum Gasteiger partial charge on any atom is -0.468 e. The maximum Gasteiger partial charge on any atom is 0.323 e. The lowest BCUT2D eigenvalue weighted by Crippen LogP contribution is -2.48. The van der Waals surface area contributed by atoms with Crippen LogP contribution in [0, 0.1) is 0 Å². The van der Waals surface area contributed by atoms with Crippen LogP contribution in [0.15, 0.2) is 18.3 Å². The van der Waals surface area contributed by atoms with Crippen LogP contribution < -0.4 is 5.32 Å². The van der Waals surface area contributed by atoms with E-state index < -0.39 is 0 Å². The normalized spacial score (nSPS) is 19.0. The number of nitrogens with one attached hydrogen (secondary N) is 1. The van der Waals surface area contributed by atoms with E-state index in [4.69, 9.17) is 16.3 Å². The largest absolute Gasteiger partial charge is 0.468 e. The van der Waals surface area contributed by atoms with Crippen LogP contribution in [0.5, 0.6) is 0 Å². The molecule has 0 radical (unpaired) electrons. The van der Waals surface area contributed by atoms with Gasteiger partial charge < -0.3 is 10.1 Å². The second kappa shape index (κ2) is 7.38. The summed E-state index contributed by atoms with van der Waals surface area (Å²) >= 11 is 5.90. The minimum atomic E-state index is -0.348. The molecule has 1 saturated heterocycles. The number of nitrogens with zero attached hydrogens (tertiary/aromatic N) is 2. The Morgan fingerprint density at radius 1 is 1.52 bits per heavy atom. The third-order valence-corrected chi connectivity index (χ3v) is 3.77. The van der Waals surface area contributed by atoms with E-state index in [1.165, 1.54) is 7.11 Å². The van der Waals surface area contributed by atoms with Gasteiger partial charge in [-0.25, -0.2) is 4.98 Å². The molecule has 0 spiro atoms. The smallest absolute Gasteiger partial charge is 0.323 e. The van der Waals surface area contributed by atoms with Gasteiger partial charge in [-0.1, -0.05) is 18.0 Å². The first-order valence-corrected chi connectivity index (χ1v) is 7.22. The van der Waals surface area contributed by atoms with Crippen molar-refractivity contribution in [3.63, 3.8) is 0 Å². The Kier molecular flexibility index (Phi) is 5.52. The van der Waals surface area contributed by atoms with Gasteiger partial charge in [0, 0.05) is 6.20 Å². The van der Waals surface area contributed by atoms with E-state index in [-0.39, 0.29) is 29.6 Å². The van der Waals surface area contributed by atoms with Gasteiger partial charge in [-0.2, -0.15) is 0 Å². The number of amides is 1. The number of methoxy groups -OCH3 is 1. The Balaban J connectivity index is 1.97. The van der Waals surface area contributed by atoms with Crippen molar-refractivity contribution in [1.82, 2.24) is 9.88 Å². The predicted molar refractivity (Wildman–Crippen MR) is 79.1 cm³/mol. The van der Waals surface area contributed by atoms with Gasteiger partial charge in [-0.15, -0.1) is 0 Å². The lowest BCUT2D eigenvalue weighted by molar-refractivity contribution is -0.148. The van der Waals surface area contributed by atoms with E-state index in [0.717, 1.165) is 12.8 Å². The molecule has 6 nitrogen and oxygen atoms in total. The molecule has 0 saturated carbocycles. The summed E-state index contributed by atoms with van der Waals surface area (Å²) in [4.78, 5) is 29.6. The molecule has 1 aliphatic rings. The minimum absolute atomic E-state index is 0.130. The molecular formula is C14H18ClN3O3. The molecule has 21 heavy (non-hydrogen) atoms. The third-order valence-electron chi connectivity index (χ3n) is 3.47. The predicted octanol–water partition coefficient (Wildman–Crippen LogP) is 1.70. The van der Waals surface area contributed by atoms with Crippen molar-refractivity contribution in [2.24, 2.45) is 0 Å². The second-order valence-electron chi connectivity index (χ2n) is 4.90. The summed E-state index contributed by atoms with van der Waals surface area (Å²) in [5.41, 5.74) is 0.468. The van der Waals surface area contributed by atoms with Crippen molar-refractivity contribution >= 4 is 29.2 Å². The van der Waals surface area contributed by atoms with Crippen molar-refractivity contribution in [1.29, 1.82) is 0 Å². The number of likely N-dealkylation sites (tertiary alicyclic amines) is 1. The van der Waals surface area contributed by atoms with Crippen molar-refractivity contribution in [2.75, 3.05) is 25.5 Å². The first-order valence-electron chi connectivity index (χ1n) is 6.84. The van der Waals surface area contributed by atoms with Gasteiger partial charge in [0.05, 0.1) is 19.3 Å². The fourth-order valence-corrected chi connectivity index (χ4v) is 2.60. The van der Waals surface area contributed by atoms with Crippen LogP contribution in [-0.4, -0.2) is 48.0 Å². The number of carbonyl (C=O) groups excluding carboxylic acids is 2. The quantitative estimate of drug-likeness (QED) is 0.677. The van der Waals surface area contributed by atoms with Crippen LogP contribution in [-0.2, 0) is 14.3 Å². The fraction of sp³-hybridized carbons (Fsp3) is 0.500. The van der Waals surface area contributed by atoms with Crippen LogP contribution in [0.25, 0.3) is 0 Å². The molecule has 1 N–H and O–H groups in total.